The summed E-state index contributed by atoms with van der Waals surface area (Å²) < 4.78 is 30.4. The molecular formula is C19H30F2IN5O4. The van der Waals surface area contributed by atoms with Crippen molar-refractivity contribution in [3.05, 3.63) is 34.4 Å². The van der Waals surface area contributed by atoms with Crippen LogP contribution in [-0.2, 0) is 0 Å². The van der Waals surface area contributed by atoms with E-state index in [0.717, 1.165) is 12.8 Å². The number of rotatable bonds is 10. The van der Waals surface area contributed by atoms with Crippen molar-refractivity contribution >= 4 is 35.6 Å². The first-order valence-corrected chi connectivity index (χ1v) is 9.98. The molecule has 1 aromatic rings. The molecule has 1 saturated heterocycles. The van der Waals surface area contributed by atoms with Crippen molar-refractivity contribution in [3.8, 4) is 5.75 Å². The van der Waals surface area contributed by atoms with Crippen LogP contribution in [0.5, 0.6) is 5.75 Å². The average molecular weight is 557 g/mol. The monoisotopic (exact) mass is 557 g/mol. The molecule has 0 amide bonds. The normalized spacial score (nSPS) is 16.5. The van der Waals surface area contributed by atoms with Crippen LogP contribution in [0.2, 0.25) is 0 Å². The molecule has 9 nitrogen and oxygen atoms in total. The summed E-state index contributed by atoms with van der Waals surface area (Å²) in [5.41, 5.74) is -0.0334. The molecule has 1 atom stereocenters. The number of aliphatic hydroxyl groups excluding tert-OH is 1. The number of guanidine groups is 1. The Balaban J connectivity index is 0.00000480. The Labute approximate surface area is 197 Å². The van der Waals surface area contributed by atoms with Crippen molar-refractivity contribution in [2.24, 2.45) is 4.99 Å². The molecule has 31 heavy (non-hydrogen) atoms. The molecule has 1 heterocycles. The maximum Gasteiger partial charge on any atom is 0.269 e. The first-order valence-electron chi connectivity index (χ1n) is 9.98. The van der Waals surface area contributed by atoms with E-state index in [-0.39, 0.29) is 55.4 Å². The van der Waals surface area contributed by atoms with Crippen LogP contribution in [0.1, 0.15) is 19.8 Å². The van der Waals surface area contributed by atoms with E-state index in [4.69, 9.17) is 4.74 Å². The Morgan fingerprint density at radius 1 is 1.35 bits per heavy atom. The molecule has 0 aromatic heterocycles. The fraction of sp³-hybridized carbons (Fsp3) is 0.632. The van der Waals surface area contributed by atoms with Gasteiger partial charge < -0.3 is 20.5 Å². The van der Waals surface area contributed by atoms with Crippen molar-refractivity contribution in [1.82, 2.24) is 15.5 Å². The van der Waals surface area contributed by atoms with Gasteiger partial charge in [0.2, 0.25) is 0 Å². The SMILES string of the molecule is CCNC(=NCC(O)COc1ccc([N+](=O)[O-])cc1)NC1CCN(CC(F)F)CC1.I. The van der Waals surface area contributed by atoms with Crippen molar-refractivity contribution in [2.45, 2.75) is 38.3 Å². The number of hydrogen-bond donors (Lipinski definition) is 3. The summed E-state index contributed by atoms with van der Waals surface area (Å²) >= 11 is 0. The number of hydrogen-bond acceptors (Lipinski definition) is 6. The van der Waals surface area contributed by atoms with E-state index in [9.17, 15) is 24.0 Å². The highest BCUT2D eigenvalue weighted by Gasteiger charge is 2.22. The fourth-order valence-electron chi connectivity index (χ4n) is 3.07. The second kappa shape index (κ2) is 14.3. The van der Waals surface area contributed by atoms with Crippen LogP contribution >= 0.6 is 24.0 Å². The number of alkyl halides is 2. The molecule has 1 aliphatic rings. The lowest BCUT2D eigenvalue weighted by Gasteiger charge is -2.32. The van der Waals surface area contributed by atoms with Crippen LogP contribution in [-0.4, -0.2) is 78.8 Å². The first-order chi connectivity index (χ1) is 14.4. The van der Waals surface area contributed by atoms with E-state index in [2.05, 4.69) is 15.6 Å². The van der Waals surface area contributed by atoms with E-state index >= 15 is 0 Å². The maximum absolute atomic E-state index is 12.5. The first kappa shape index (κ1) is 27.2. The zero-order valence-electron chi connectivity index (χ0n) is 17.4. The van der Waals surface area contributed by atoms with Crippen LogP contribution < -0.4 is 15.4 Å². The molecule has 1 aromatic carbocycles. The molecule has 0 saturated carbocycles. The maximum atomic E-state index is 12.5. The largest absolute Gasteiger partial charge is 0.491 e. The second-order valence-electron chi connectivity index (χ2n) is 7.05. The summed E-state index contributed by atoms with van der Waals surface area (Å²) in [6, 6.07) is 5.74. The standard InChI is InChI=1S/C19H29F2N5O4.HI/c1-2-22-19(24-14-7-9-25(10-8-14)12-18(20)21)23-11-16(27)13-30-17-5-3-15(4-6-17)26(28)29;/h3-6,14,16,18,27H,2,7-13H2,1H3,(H2,22,23,24);1H. The van der Waals surface area contributed by atoms with Crippen molar-refractivity contribution in [1.29, 1.82) is 0 Å². The molecule has 0 bridgehead atoms. The quantitative estimate of drug-likeness (QED) is 0.133. The Morgan fingerprint density at radius 2 is 2.00 bits per heavy atom. The number of non-ortho nitro benzene ring substituents is 1. The van der Waals surface area contributed by atoms with Gasteiger partial charge in [0.1, 0.15) is 18.5 Å². The summed E-state index contributed by atoms with van der Waals surface area (Å²) in [5, 5.41) is 27.2. The highest BCUT2D eigenvalue weighted by molar-refractivity contribution is 14.0. The predicted octanol–water partition coefficient (Wildman–Crippen LogP) is 2.24. The summed E-state index contributed by atoms with van der Waals surface area (Å²) in [4.78, 5) is 16.3. The van der Waals surface area contributed by atoms with Crippen molar-refractivity contribution in [3.63, 3.8) is 0 Å². The minimum atomic E-state index is -2.32. The lowest BCUT2D eigenvalue weighted by atomic mass is 10.1. The number of nitrogens with zero attached hydrogens (tertiary/aromatic N) is 3. The molecular weight excluding hydrogens is 527 g/mol. The van der Waals surface area contributed by atoms with Gasteiger partial charge in [-0.1, -0.05) is 0 Å². The van der Waals surface area contributed by atoms with E-state index in [1.165, 1.54) is 24.3 Å². The molecule has 1 aliphatic heterocycles. The number of aliphatic imine (C=N–C) groups is 1. The van der Waals surface area contributed by atoms with Gasteiger partial charge in [0.05, 0.1) is 18.0 Å². The number of ether oxygens (including phenoxy) is 1. The average Bonchev–Trinajstić information content (AvgIpc) is 2.72. The molecule has 0 radical (unpaired) electrons. The molecule has 1 unspecified atom stereocenters. The third kappa shape index (κ3) is 10.4. The van der Waals surface area contributed by atoms with E-state index in [1.54, 1.807) is 4.90 Å². The number of nitro benzene ring substituents is 1. The number of nitrogens with one attached hydrogen (secondary N) is 2. The van der Waals surface area contributed by atoms with Crippen molar-refractivity contribution in [2.75, 3.05) is 39.3 Å². The Morgan fingerprint density at radius 3 is 2.55 bits per heavy atom. The number of likely N-dealkylation sites (tertiary alicyclic amines) is 1. The Bertz CT molecular complexity index is 688. The number of nitro groups is 1. The van der Waals surface area contributed by atoms with Gasteiger partial charge >= 0.3 is 0 Å². The van der Waals surface area contributed by atoms with Gasteiger partial charge in [-0.2, -0.15) is 0 Å². The molecule has 176 valence electrons. The van der Waals surface area contributed by atoms with Crippen LogP contribution in [0.15, 0.2) is 29.3 Å². The number of piperidine rings is 1. The predicted molar refractivity (Wildman–Crippen MR) is 125 cm³/mol. The summed E-state index contributed by atoms with van der Waals surface area (Å²) in [7, 11) is 0. The van der Waals surface area contributed by atoms with Crippen LogP contribution in [0, 0.1) is 10.1 Å². The smallest absolute Gasteiger partial charge is 0.269 e. The summed E-state index contributed by atoms with van der Waals surface area (Å²) in [6.45, 7) is 3.68. The highest BCUT2D eigenvalue weighted by Crippen LogP contribution is 2.17. The van der Waals surface area contributed by atoms with Gasteiger partial charge in [-0.3, -0.25) is 20.0 Å². The van der Waals surface area contributed by atoms with E-state index in [0.29, 0.717) is 31.3 Å². The zero-order chi connectivity index (χ0) is 21.9. The van der Waals surface area contributed by atoms with Crippen LogP contribution in [0.25, 0.3) is 0 Å². The topological polar surface area (TPSA) is 112 Å². The summed E-state index contributed by atoms with van der Waals surface area (Å²) in [6.07, 6.45) is -1.70. The number of benzene rings is 1. The minimum absolute atomic E-state index is 0. The van der Waals surface area contributed by atoms with Crippen LogP contribution in [0.4, 0.5) is 14.5 Å². The van der Waals surface area contributed by atoms with Gasteiger partial charge in [-0.25, -0.2) is 8.78 Å². The molecule has 2 rings (SSSR count). The Hall–Kier alpha value is -1.80. The second-order valence-corrected chi connectivity index (χ2v) is 7.05. The fourth-order valence-corrected chi connectivity index (χ4v) is 3.07. The number of aliphatic hydroxyl groups is 1. The van der Waals surface area contributed by atoms with E-state index < -0.39 is 17.5 Å². The third-order valence-electron chi connectivity index (χ3n) is 4.62. The van der Waals surface area contributed by atoms with E-state index in [1.807, 2.05) is 6.92 Å². The molecule has 12 heteroatoms. The molecule has 3 N–H and O–H groups in total. The minimum Gasteiger partial charge on any atom is -0.491 e. The van der Waals surface area contributed by atoms with Gasteiger partial charge in [0, 0.05) is 37.8 Å². The molecule has 1 fully saturated rings. The lowest BCUT2D eigenvalue weighted by Crippen LogP contribution is -2.49. The number of halogens is 3. The van der Waals surface area contributed by atoms with Gasteiger partial charge in [-0.05, 0) is 31.9 Å². The summed E-state index contributed by atoms with van der Waals surface area (Å²) in [5.74, 6) is 0.975. The highest BCUT2D eigenvalue weighted by atomic mass is 127. The van der Waals surface area contributed by atoms with Crippen molar-refractivity contribution < 1.29 is 23.5 Å². The van der Waals surface area contributed by atoms with Crippen LogP contribution in [0.3, 0.4) is 0 Å². The third-order valence-corrected chi connectivity index (χ3v) is 4.62. The Kier molecular flexibility index (Phi) is 12.6. The lowest BCUT2D eigenvalue weighted by molar-refractivity contribution is -0.384. The van der Waals surface area contributed by atoms with Gasteiger partial charge in [0.15, 0.2) is 5.96 Å². The zero-order valence-corrected chi connectivity index (χ0v) is 19.7. The molecule has 0 spiro atoms. The van der Waals surface area contributed by atoms with Gasteiger partial charge in [0.25, 0.3) is 12.1 Å². The molecule has 0 aliphatic carbocycles. The van der Waals surface area contributed by atoms with Gasteiger partial charge in [-0.15, -0.1) is 24.0 Å².